The van der Waals surface area contributed by atoms with Gasteiger partial charge in [0.25, 0.3) is 0 Å². The van der Waals surface area contributed by atoms with Gasteiger partial charge in [-0.3, -0.25) is 4.79 Å². The molecule has 0 saturated carbocycles. The van der Waals surface area contributed by atoms with Crippen LogP contribution in [0.15, 0.2) is 12.1 Å². The van der Waals surface area contributed by atoms with Gasteiger partial charge in [0.2, 0.25) is 6.79 Å². The van der Waals surface area contributed by atoms with E-state index in [1.807, 2.05) is 0 Å². The molecule has 16 heavy (non-hydrogen) atoms. The molecule has 1 aliphatic rings. The molecule has 2 rings (SSSR count). The predicted octanol–water partition coefficient (Wildman–Crippen LogP) is 0.509. The van der Waals surface area contributed by atoms with Gasteiger partial charge < -0.3 is 20.3 Å². The number of carboxylic acid groups (broad SMARTS) is 1. The van der Waals surface area contributed by atoms with Crippen molar-refractivity contribution >= 4 is 5.97 Å². The van der Waals surface area contributed by atoms with E-state index in [0.717, 1.165) is 0 Å². The summed E-state index contributed by atoms with van der Waals surface area (Å²) in [6, 6.07) is 1.48. The normalized spacial score (nSPS) is 14.9. The molecule has 1 atom stereocenters. The number of hydrogen-bond donors (Lipinski definition) is 2. The molecule has 3 N–H and O–H groups in total. The van der Waals surface area contributed by atoms with Gasteiger partial charge in [-0.15, -0.1) is 0 Å². The molecule has 0 radical (unpaired) electrons. The molecule has 0 aliphatic carbocycles. The van der Waals surface area contributed by atoms with Crippen molar-refractivity contribution in [3.8, 4) is 11.5 Å². The van der Waals surface area contributed by atoms with E-state index < -0.39 is 17.8 Å². The van der Waals surface area contributed by atoms with E-state index in [4.69, 9.17) is 20.3 Å². The van der Waals surface area contributed by atoms with E-state index in [2.05, 4.69) is 0 Å². The minimum absolute atomic E-state index is 0.00803. The average Bonchev–Trinajstić information content (AvgIpc) is 2.70. The highest BCUT2D eigenvalue weighted by atomic mass is 19.1. The van der Waals surface area contributed by atoms with Crippen molar-refractivity contribution in [3.05, 3.63) is 23.5 Å². The van der Waals surface area contributed by atoms with Gasteiger partial charge >= 0.3 is 5.97 Å². The second kappa shape index (κ2) is 3.97. The summed E-state index contributed by atoms with van der Waals surface area (Å²) in [5.74, 6) is -1.07. The molecule has 0 saturated heterocycles. The monoisotopic (exact) mass is 227 g/mol. The molecule has 6 heteroatoms. The van der Waals surface area contributed by atoms with Crippen molar-refractivity contribution in [2.75, 3.05) is 6.79 Å². The predicted molar refractivity (Wildman–Crippen MR) is 51.8 cm³/mol. The zero-order valence-corrected chi connectivity index (χ0v) is 8.27. The number of ether oxygens (including phenoxy) is 2. The zero-order valence-electron chi connectivity index (χ0n) is 8.27. The van der Waals surface area contributed by atoms with Crippen LogP contribution in [0.5, 0.6) is 11.5 Å². The van der Waals surface area contributed by atoms with Gasteiger partial charge in [0.1, 0.15) is 11.9 Å². The summed E-state index contributed by atoms with van der Waals surface area (Å²) >= 11 is 0. The number of carbonyl (C=O) groups is 1. The number of hydrogen-bond acceptors (Lipinski definition) is 4. The van der Waals surface area contributed by atoms with E-state index in [-0.39, 0.29) is 24.5 Å². The Morgan fingerprint density at radius 2 is 2.31 bits per heavy atom. The van der Waals surface area contributed by atoms with E-state index in [1.165, 1.54) is 12.1 Å². The Hall–Kier alpha value is -1.82. The topological polar surface area (TPSA) is 81.8 Å². The quantitative estimate of drug-likeness (QED) is 0.786. The Morgan fingerprint density at radius 1 is 1.56 bits per heavy atom. The molecule has 1 aromatic carbocycles. The van der Waals surface area contributed by atoms with E-state index in [0.29, 0.717) is 5.75 Å². The number of halogens is 1. The van der Waals surface area contributed by atoms with Crippen LogP contribution >= 0.6 is 0 Å². The molecule has 1 heterocycles. The summed E-state index contributed by atoms with van der Waals surface area (Å²) < 4.78 is 23.6. The highest BCUT2D eigenvalue weighted by Crippen LogP contribution is 2.37. The minimum Gasteiger partial charge on any atom is -0.480 e. The summed E-state index contributed by atoms with van der Waals surface area (Å²) in [5.41, 5.74) is 5.49. The lowest BCUT2D eigenvalue weighted by Gasteiger charge is -2.09. The number of rotatable bonds is 3. The molecule has 0 bridgehead atoms. The van der Waals surface area contributed by atoms with Gasteiger partial charge in [-0.05, 0) is 12.1 Å². The van der Waals surface area contributed by atoms with Crippen LogP contribution < -0.4 is 15.2 Å². The number of fused-ring (bicyclic) bond motifs is 1. The fourth-order valence-corrected chi connectivity index (χ4v) is 1.50. The maximum absolute atomic E-state index is 13.5. The molecule has 0 fully saturated rings. The zero-order chi connectivity index (χ0) is 11.7. The third kappa shape index (κ3) is 1.79. The average molecular weight is 227 g/mol. The first-order valence-corrected chi connectivity index (χ1v) is 4.65. The molecule has 5 nitrogen and oxygen atoms in total. The van der Waals surface area contributed by atoms with Gasteiger partial charge in [-0.2, -0.15) is 0 Å². The second-order valence-corrected chi connectivity index (χ2v) is 3.41. The summed E-state index contributed by atoms with van der Waals surface area (Å²) in [6.07, 6.45) is -0.131. The van der Waals surface area contributed by atoms with Crippen molar-refractivity contribution in [1.29, 1.82) is 0 Å². The Kier molecular flexibility index (Phi) is 2.66. The SMILES string of the molecule is NC(Cc1c(F)ccc2c1OCO2)C(=O)O. The van der Waals surface area contributed by atoms with Crippen molar-refractivity contribution in [2.45, 2.75) is 12.5 Å². The number of aliphatic carboxylic acids is 1. The summed E-state index contributed by atoms with van der Waals surface area (Å²) in [5, 5.41) is 8.66. The standard InChI is InChI=1S/C10H10FNO4/c11-6-1-2-8-9(16-4-15-8)5(6)3-7(12)10(13)14/h1-2,7H,3-4,12H2,(H,13,14). The molecule has 0 spiro atoms. The van der Waals surface area contributed by atoms with Crippen molar-refractivity contribution in [2.24, 2.45) is 5.73 Å². The number of nitrogens with two attached hydrogens (primary N) is 1. The Bertz CT molecular complexity index is 435. The first-order valence-electron chi connectivity index (χ1n) is 4.65. The van der Waals surface area contributed by atoms with Crippen LogP contribution in [0.1, 0.15) is 5.56 Å². The first kappa shape index (κ1) is 10.7. The van der Waals surface area contributed by atoms with Crippen molar-refractivity contribution < 1.29 is 23.8 Å². The van der Waals surface area contributed by atoms with Gasteiger partial charge in [-0.25, -0.2) is 4.39 Å². The maximum atomic E-state index is 13.5. The maximum Gasteiger partial charge on any atom is 0.320 e. The molecule has 0 amide bonds. The summed E-state index contributed by atoms with van der Waals surface area (Å²) in [7, 11) is 0. The molecule has 86 valence electrons. The Morgan fingerprint density at radius 3 is 3.00 bits per heavy atom. The lowest BCUT2D eigenvalue weighted by molar-refractivity contribution is -0.138. The van der Waals surface area contributed by atoms with E-state index in [1.54, 1.807) is 0 Å². The summed E-state index contributed by atoms with van der Waals surface area (Å²) in [6.45, 7) is 0.00803. The molecule has 0 aromatic heterocycles. The Balaban J connectivity index is 2.33. The van der Waals surface area contributed by atoms with Crippen LogP contribution in [0.3, 0.4) is 0 Å². The lowest BCUT2D eigenvalue weighted by Crippen LogP contribution is -2.32. The van der Waals surface area contributed by atoms with Crippen molar-refractivity contribution in [1.82, 2.24) is 0 Å². The van der Waals surface area contributed by atoms with Gasteiger partial charge in [-0.1, -0.05) is 0 Å². The van der Waals surface area contributed by atoms with Gasteiger partial charge in [0.05, 0.1) is 0 Å². The minimum atomic E-state index is -1.18. The third-order valence-corrected chi connectivity index (χ3v) is 2.33. The molecule has 1 aromatic rings. The third-order valence-electron chi connectivity index (χ3n) is 2.33. The van der Waals surface area contributed by atoms with Crippen LogP contribution in [0.25, 0.3) is 0 Å². The van der Waals surface area contributed by atoms with Crippen LogP contribution in [0.2, 0.25) is 0 Å². The fourth-order valence-electron chi connectivity index (χ4n) is 1.50. The highest BCUT2D eigenvalue weighted by Gasteiger charge is 2.24. The van der Waals surface area contributed by atoms with Gasteiger partial charge in [0, 0.05) is 12.0 Å². The smallest absolute Gasteiger partial charge is 0.320 e. The largest absolute Gasteiger partial charge is 0.480 e. The van der Waals surface area contributed by atoms with Crippen LogP contribution in [-0.2, 0) is 11.2 Å². The van der Waals surface area contributed by atoms with Crippen molar-refractivity contribution in [3.63, 3.8) is 0 Å². The second-order valence-electron chi connectivity index (χ2n) is 3.41. The molecule has 1 aliphatic heterocycles. The first-order chi connectivity index (χ1) is 7.59. The lowest BCUT2D eigenvalue weighted by atomic mass is 10.0. The van der Waals surface area contributed by atoms with Gasteiger partial charge in [0.15, 0.2) is 11.5 Å². The van der Waals surface area contributed by atoms with E-state index >= 15 is 0 Å². The number of carboxylic acids is 1. The fraction of sp³-hybridized carbons (Fsp3) is 0.300. The van der Waals surface area contributed by atoms with Crippen LogP contribution in [-0.4, -0.2) is 23.9 Å². The molecular weight excluding hydrogens is 217 g/mol. The summed E-state index contributed by atoms with van der Waals surface area (Å²) in [4.78, 5) is 10.6. The molecule has 1 unspecified atom stereocenters. The van der Waals surface area contributed by atoms with Crippen LogP contribution in [0.4, 0.5) is 4.39 Å². The van der Waals surface area contributed by atoms with E-state index in [9.17, 15) is 9.18 Å². The van der Waals surface area contributed by atoms with Crippen LogP contribution in [0, 0.1) is 5.82 Å². The number of benzene rings is 1. The highest BCUT2D eigenvalue weighted by molar-refractivity contribution is 5.74. The molecular formula is C10H10FNO4. The Labute approximate surface area is 90.6 Å².